The van der Waals surface area contributed by atoms with Gasteiger partial charge in [0.05, 0.1) is 12.6 Å². The van der Waals surface area contributed by atoms with Crippen molar-refractivity contribution in [3.63, 3.8) is 0 Å². The van der Waals surface area contributed by atoms with E-state index >= 15 is 0 Å². The summed E-state index contributed by atoms with van der Waals surface area (Å²) in [5.41, 5.74) is 10.8. The number of hydrogen-bond donors (Lipinski definition) is 6. The van der Waals surface area contributed by atoms with E-state index in [0.717, 1.165) is 0 Å². The molecule has 11 nitrogen and oxygen atoms in total. The van der Waals surface area contributed by atoms with Gasteiger partial charge < -0.3 is 32.5 Å². The molecule has 0 aromatic heterocycles. The first kappa shape index (κ1) is 27.3. The normalized spacial score (nSPS) is 14.9. The van der Waals surface area contributed by atoms with Crippen molar-refractivity contribution in [1.29, 1.82) is 0 Å². The molecule has 0 aromatic carbocycles. The lowest BCUT2D eigenvalue weighted by Crippen LogP contribution is -2.55. The topological polar surface area (TPSA) is 194 Å². The van der Waals surface area contributed by atoms with Gasteiger partial charge in [-0.2, -0.15) is 0 Å². The van der Waals surface area contributed by atoms with E-state index in [1.54, 1.807) is 6.92 Å². The van der Waals surface area contributed by atoms with E-state index in [-0.39, 0.29) is 31.1 Å². The predicted octanol–water partition coefficient (Wildman–Crippen LogP) is -1.16. The van der Waals surface area contributed by atoms with E-state index in [2.05, 4.69) is 16.0 Å². The molecule has 0 saturated carbocycles. The van der Waals surface area contributed by atoms with E-state index < -0.39 is 54.3 Å². The number of nitrogens with one attached hydrogen (secondary N) is 3. The second-order valence-corrected chi connectivity index (χ2v) is 7.79. The van der Waals surface area contributed by atoms with Gasteiger partial charge in [-0.1, -0.05) is 34.1 Å². The quantitative estimate of drug-likeness (QED) is 0.200. The van der Waals surface area contributed by atoms with Crippen molar-refractivity contribution in [2.45, 2.75) is 71.5 Å². The third-order valence-corrected chi connectivity index (χ3v) is 4.60. The van der Waals surface area contributed by atoms with Crippen LogP contribution < -0.4 is 27.4 Å². The van der Waals surface area contributed by atoms with Gasteiger partial charge in [0, 0.05) is 6.42 Å². The molecule has 172 valence electrons. The minimum atomic E-state index is -1.15. The molecule has 0 radical (unpaired) electrons. The van der Waals surface area contributed by atoms with Gasteiger partial charge in [0.15, 0.2) is 0 Å². The highest BCUT2D eigenvalue weighted by Gasteiger charge is 2.28. The summed E-state index contributed by atoms with van der Waals surface area (Å²) < 4.78 is 0. The van der Waals surface area contributed by atoms with Crippen LogP contribution in [0.25, 0.3) is 0 Å². The number of hydrogen-bond acceptors (Lipinski definition) is 6. The number of aliphatic carboxylic acids is 1. The molecule has 4 unspecified atom stereocenters. The minimum Gasteiger partial charge on any atom is -0.480 e. The number of nitrogens with two attached hydrogens (primary N) is 2. The Morgan fingerprint density at radius 3 is 2.07 bits per heavy atom. The zero-order valence-corrected chi connectivity index (χ0v) is 18.1. The van der Waals surface area contributed by atoms with Gasteiger partial charge in [0.1, 0.15) is 12.1 Å². The Hall–Kier alpha value is -2.69. The van der Waals surface area contributed by atoms with Crippen molar-refractivity contribution in [2.75, 3.05) is 6.54 Å². The van der Waals surface area contributed by atoms with Gasteiger partial charge >= 0.3 is 5.97 Å². The molecular formula is C19H35N5O6. The monoisotopic (exact) mass is 429 g/mol. The molecule has 0 saturated heterocycles. The molecule has 8 N–H and O–H groups in total. The Morgan fingerprint density at radius 1 is 1.00 bits per heavy atom. The van der Waals surface area contributed by atoms with Crippen LogP contribution in [0.1, 0.15) is 53.4 Å². The summed E-state index contributed by atoms with van der Waals surface area (Å²) in [5.74, 6) is -3.79. The number of carbonyl (C=O) groups excluding carboxylic acids is 4. The first-order valence-corrected chi connectivity index (χ1v) is 10.0. The van der Waals surface area contributed by atoms with Crippen LogP contribution in [-0.2, 0) is 24.0 Å². The first-order valence-electron chi connectivity index (χ1n) is 10.0. The molecule has 0 heterocycles. The number of carbonyl (C=O) groups is 5. The second-order valence-electron chi connectivity index (χ2n) is 7.79. The van der Waals surface area contributed by atoms with Crippen LogP contribution in [0.4, 0.5) is 0 Å². The Labute approximate surface area is 176 Å². The third-order valence-electron chi connectivity index (χ3n) is 4.60. The highest BCUT2D eigenvalue weighted by atomic mass is 16.4. The smallest absolute Gasteiger partial charge is 0.326 e. The second kappa shape index (κ2) is 13.5. The summed E-state index contributed by atoms with van der Waals surface area (Å²) in [6.07, 6.45) is 0.807. The van der Waals surface area contributed by atoms with Gasteiger partial charge in [-0.05, 0) is 24.7 Å². The number of carboxylic acid groups (broad SMARTS) is 1. The van der Waals surface area contributed by atoms with Crippen LogP contribution in [0.2, 0.25) is 0 Å². The summed E-state index contributed by atoms with van der Waals surface area (Å²) in [5, 5.41) is 16.5. The maximum atomic E-state index is 12.5. The Balaban J connectivity index is 4.88. The number of carboxylic acids is 1. The van der Waals surface area contributed by atoms with Crippen molar-refractivity contribution in [3.8, 4) is 0 Å². The van der Waals surface area contributed by atoms with Gasteiger partial charge in [0.2, 0.25) is 23.6 Å². The van der Waals surface area contributed by atoms with E-state index in [1.807, 2.05) is 20.8 Å². The van der Waals surface area contributed by atoms with Crippen LogP contribution >= 0.6 is 0 Å². The zero-order chi connectivity index (χ0) is 23.4. The molecule has 4 amide bonds. The molecule has 0 spiro atoms. The number of rotatable bonds is 14. The van der Waals surface area contributed by atoms with Crippen molar-refractivity contribution < 1.29 is 29.1 Å². The number of primary amides is 1. The summed E-state index contributed by atoms with van der Waals surface area (Å²) in [7, 11) is 0. The fourth-order valence-corrected chi connectivity index (χ4v) is 2.61. The van der Waals surface area contributed by atoms with Gasteiger partial charge in [-0.15, -0.1) is 0 Å². The van der Waals surface area contributed by atoms with Gasteiger partial charge in [0.25, 0.3) is 0 Å². The maximum Gasteiger partial charge on any atom is 0.326 e. The van der Waals surface area contributed by atoms with E-state index in [1.165, 1.54) is 0 Å². The standard InChI is InChI=1S/C19H35N5O6/c1-5-11(4)16(24-17(27)12(20)6-7-14(21)25)18(28)22-9-15(26)23-13(19(29)30)8-10(2)3/h10-13,16H,5-9,20H2,1-4H3,(H2,21,25)(H,22,28)(H,23,26)(H,24,27)(H,29,30). The molecule has 0 rings (SSSR count). The van der Waals surface area contributed by atoms with Crippen molar-refractivity contribution in [1.82, 2.24) is 16.0 Å². The lowest BCUT2D eigenvalue weighted by atomic mass is 9.97. The maximum absolute atomic E-state index is 12.5. The van der Waals surface area contributed by atoms with Crippen LogP contribution in [0.5, 0.6) is 0 Å². The van der Waals surface area contributed by atoms with Crippen LogP contribution in [0.3, 0.4) is 0 Å². The molecule has 4 atom stereocenters. The average Bonchev–Trinajstić information content (AvgIpc) is 2.66. The SMILES string of the molecule is CCC(C)C(NC(=O)C(N)CCC(N)=O)C(=O)NCC(=O)NC(CC(C)C)C(=O)O. The van der Waals surface area contributed by atoms with Crippen molar-refractivity contribution in [2.24, 2.45) is 23.3 Å². The third kappa shape index (κ3) is 10.7. The Kier molecular flexibility index (Phi) is 12.3. The molecule has 0 aromatic rings. The molecule has 11 heteroatoms. The summed E-state index contributed by atoms with van der Waals surface area (Å²) in [4.78, 5) is 58.9. The molecule has 0 aliphatic heterocycles. The fourth-order valence-electron chi connectivity index (χ4n) is 2.61. The number of amides is 4. The highest BCUT2D eigenvalue weighted by molar-refractivity contribution is 5.92. The lowest BCUT2D eigenvalue weighted by molar-refractivity contribution is -0.142. The largest absolute Gasteiger partial charge is 0.480 e. The Morgan fingerprint density at radius 2 is 1.60 bits per heavy atom. The average molecular weight is 430 g/mol. The van der Waals surface area contributed by atoms with Crippen LogP contribution in [0, 0.1) is 11.8 Å². The molecule has 0 aliphatic carbocycles. The minimum absolute atomic E-state index is 0.0465. The predicted molar refractivity (Wildman–Crippen MR) is 110 cm³/mol. The van der Waals surface area contributed by atoms with Crippen molar-refractivity contribution in [3.05, 3.63) is 0 Å². The first-order chi connectivity index (χ1) is 13.9. The zero-order valence-electron chi connectivity index (χ0n) is 18.1. The summed E-state index contributed by atoms with van der Waals surface area (Å²) in [6, 6.07) is -3.00. The lowest BCUT2D eigenvalue weighted by Gasteiger charge is -2.25. The van der Waals surface area contributed by atoms with E-state index in [9.17, 15) is 29.1 Å². The summed E-state index contributed by atoms with van der Waals surface area (Å²) in [6.45, 7) is 6.81. The summed E-state index contributed by atoms with van der Waals surface area (Å²) >= 11 is 0. The fraction of sp³-hybridized carbons (Fsp3) is 0.737. The van der Waals surface area contributed by atoms with Gasteiger partial charge in [-0.25, -0.2) is 4.79 Å². The Bertz CT molecular complexity index is 625. The molecule has 0 fully saturated rings. The van der Waals surface area contributed by atoms with Crippen molar-refractivity contribution >= 4 is 29.6 Å². The molecule has 0 aliphatic rings. The van der Waals surface area contributed by atoms with Crippen LogP contribution in [-0.4, -0.2) is 59.4 Å². The van der Waals surface area contributed by atoms with Gasteiger partial charge in [-0.3, -0.25) is 19.2 Å². The molecule has 0 bridgehead atoms. The highest BCUT2D eigenvalue weighted by Crippen LogP contribution is 2.09. The molecular weight excluding hydrogens is 394 g/mol. The van der Waals surface area contributed by atoms with Crippen LogP contribution in [0.15, 0.2) is 0 Å². The van der Waals surface area contributed by atoms with E-state index in [0.29, 0.717) is 6.42 Å². The van der Waals surface area contributed by atoms with E-state index in [4.69, 9.17) is 11.5 Å². The molecule has 30 heavy (non-hydrogen) atoms.